The molecule has 0 atom stereocenters. The molecule has 4 nitrogen and oxygen atoms in total. The molecule has 0 spiro atoms. The average molecular weight is 500 g/mol. The lowest BCUT2D eigenvalue weighted by Crippen LogP contribution is -2.40. The van der Waals surface area contributed by atoms with Crippen molar-refractivity contribution in [2.45, 2.75) is 162 Å². The SMILES string of the molecule is CCCCCCCOC(CCCCCCCO[Si])(OCCCCCCC)OCCCCCCC. The molecule has 0 fully saturated rings. The maximum absolute atomic E-state index is 6.44. The van der Waals surface area contributed by atoms with E-state index in [1.54, 1.807) is 0 Å². The van der Waals surface area contributed by atoms with Crippen LogP contribution in [0.5, 0.6) is 0 Å². The minimum Gasteiger partial charge on any atom is -0.419 e. The third-order valence-electron chi connectivity index (χ3n) is 6.44. The molecule has 0 aliphatic heterocycles. The summed E-state index contributed by atoms with van der Waals surface area (Å²) >= 11 is 0. The van der Waals surface area contributed by atoms with Gasteiger partial charge >= 0.3 is 0 Å². The zero-order chi connectivity index (χ0) is 25.0. The normalized spacial score (nSPS) is 12.0. The van der Waals surface area contributed by atoms with Crippen LogP contribution < -0.4 is 0 Å². The first-order valence-corrected chi connectivity index (χ1v) is 15.4. The summed E-state index contributed by atoms with van der Waals surface area (Å²) in [6, 6.07) is 0. The number of ether oxygens (including phenoxy) is 3. The summed E-state index contributed by atoms with van der Waals surface area (Å²) in [6.45, 7) is 9.77. The van der Waals surface area contributed by atoms with Crippen LogP contribution in [0.25, 0.3) is 0 Å². The lowest BCUT2D eigenvalue weighted by atomic mass is 10.1. The van der Waals surface area contributed by atoms with Crippen LogP contribution in [0.4, 0.5) is 0 Å². The van der Waals surface area contributed by atoms with Gasteiger partial charge in [-0.1, -0.05) is 117 Å². The number of hydrogen-bond acceptors (Lipinski definition) is 4. The van der Waals surface area contributed by atoms with Gasteiger partial charge in [-0.25, -0.2) is 0 Å². The lowest BCUT2D eigenvalue weighted by molar-refractivity contribution is -0.384. The molecule has 5 heteroatoms. The maximum Gasteiger partial charge on any atom is 0.282 e. The first-order chi connectivity index (χ1) is 16.7. The second-order valence-electron chi connectivity index (χ2n) is 9.84. The van der Waals surface area contributed by atoms with Crippen LogP contribution in [0.15, 0.2) is 0 Å². The fourth-order valence-electron chi connectivity index (χ4n) is 4.19. The van der Waals surface area contributed by atoms with Gasteiger partial charge in [0.25, 0.3) is 5.97 Å². The van der Waals surface area contributed by atoms with Crippen LogP contribution in [-0.2, 0) is 18.6 Å². The van der Waals surface area contributed by atoms with Gasteiger partial charge in [0.05, 0.1) is 19.8 Å². The van der Waals surface area contributed by atoms with E-state index in [1.807, 2.05) is 0 Å². The van der Waals surface area contributed by atoms with Crippen LogP contribution in [0.1, 0.15) is 156 Å². The van der Waals surface area contributed by atoms with Crippen molar-refractivity contribution in [1.82, 2.24) is 0 Å². The van der Waals surface area contributed by atoms with Gasteiger partial charge in [-0.15, -0.1) is 0 Å². The van der Waals surface area contributed by atoms with Crippen molar-refractivity contribution in [1.29, 1.82) is 0 Å². The highest BCUT2D eigenvalue weighted by atomic mass is 28.2. The van der Waals surface area contributed by atoms with Crippen LogP contribution >= 0.6 is 0 Å². The average Bonchev–Trinajstić information content (AvgIpc) is 2.85. The van der Waals surface area contributed by atoms with Crippen molar-refractivity contribution in [3.63, 3.8) is 0 Å². The third kappa shape index (κ3) is 22.5. The molecule has 0 aromatic carbocycles. The molecule has 0 aliphatic rings. The zero-order valence-electron chi connectivity index (χ0n) is 23.3. The van der Waals surface area contributed by atoms with Crippen molar-refractivity contribution in [2.24, 2.45) is 0 Å². The fourth-order valence-corrected chi connectivity index (χ4v) is 4.33. The van der Waals surface area contributed by atoms with Gasteiger partial charge in [0.2, 0.25) is 10.5 Å². The minimum atomic E-state index is -0.848. The van der Waals surface area contributed by atoms with Gasteiger partial charge in [0, 0.05) is 13.0 Å². The van der Waals surface area contributed by atoms with E-state index in [-0.39, 0.29) is 0 Å². The van der Waals surface area contributed by atoms with Crippen LogP contribution in [-0.4, -0.2) is 42.9 Å². The molecule has 0 rings (SSSR count). The Kier molecular flexibility index (Phi) is 27.7. The van der Waals surface area contributed by atoms with Crippen LogP contribution in [0.3, 0.4) is 0 Å². The summed E-state index contributed by atoms with van der Waals surface area (Å²) in [5, 5.41) is 0. The molecule has 0 aromatic heterocycles. The second kappa shape index (κ2) is 27.6. The molecule has 0 amide bonds. The molecule has 0 aromatic rings. The minimum absolute atomic E-state index is 0.734. The van der Waals surface area contributed by atoms with E-state index < -0.39 is 5.97 Å². The molecule has 203 valence electrons. The van der Waals surface area contributed by atoms with Crippen molar-refractivity contribution >= 4 is 10.5 Å². The Balaban J connectivity index is 4.74. The summed E-state index contributed by atoms with van der Waals surface area (Å²) in [4.78, 5) is 0. The van der Waals surface area contributed by atoms with E-state index >= 15 is 0 Å². The van der Waals surface area contributed by atoms with Gasteiger partial charge in [-0.05, 0) is 32.1 Å². The Morgan fingerprint density at radius 2 is 0.735 bits per heavy atom. The predicted octanol–water partition coefficient (Wildman–Crippen LogP) is 9.04. The Hall–Kier alpha value is 0.0569. The van der Waals surface area contributed by atoms with E-state index in [0.29, 0.717) is 0 Å². The molecule has 0 saturated carbocycles. The van der Waals surface area contributed by atoms with E-state index in [0.717, 1.165) is 65.0 Å². The van der Waals surface area contributed by atoms with Crippen molar-refractivity contribution in [3.8, 4) is 0 Å². The largest absolute Gasteiger partial charge is 0.419 e. The molecule has 0 N–H and O–H groups in total. The number of hydrogen-bond donors (Lipinski definition) is 0. The second-order valence-corrected chi connectivity index (χ2v) is 10.1. The van der Waals surface area contributed by atoms with Crippen molar-refractivity contribution in [3.05, 3.63) is 0 Å². The summed E-state index contributed by atoms with van der Waals surface area (Å²) in [7, 11) is 3.09. The van der Waals surface area contributed by atoms with E-state index in [1.165, 1.54) is 96.3 Å². The Morgan fingerprint density at radius 1 is 0.412 bits per heavy atom. The molecule has 0 aliphatic carbocycles. The van der Waals surface area contributed by atoms with Gasteiger partial charge in [0.15, 0.2) is 0 Å². The Bertz CT molecular complexity index is 340. The predicted molar refractivity (Wildman–Crippen MR) is 146 cm³/mol. The summed E-state index contributed by atoms with van der Waals surface area (Å²) in [5.74, 6) is -0.848. The van der Waals surface area contributed by atoms with Crippen molar-refractivity contribution in [2.75, 3.05) is 26.4 Å². The maximum atomic E-state index is 6.44. The topological polar surface area (TPSA) is 36.9 Å². The summed E-state index contributed by atoms with van der Waals surface area (Å²) < 4.78 is 24.3. The monoisotopic (exact) mass is 499 g/mol. The first-order valence-electron chi connectivity index (χ1n) is 14.9. The highest BCUT2D eigenvalue weighted by molar-refractivity contribution is 5.97. The van der Waals surface area contributed by atoms with Crippen molar-refractivity contribution < 1.29 is 18.6 Å². The molecular formula is C29H59O4Si. The zero-order valence-corrected chi connectivity index (χ0v) is 24.3. The molecule has 34 heavy (non-hydrogen) atoms. The lowest BCUT2D eigenvalue weighted by Gasteiger charge is -2.34. The first kappa shape index (κ1) is 34.1. The van der Waals surface area contributed by atoms with E-state index in [2.05, 4.69) is 31.3 Å². The molecule has 0 bridgehead atoms. The standard InChI is InChI=1S/C29H59O4Si/c1-4-7-10-15-20-25-30-29(31-26-21-16-11-8-5-2,32-27-22-17-12-9-6-3)24-19-14-13-18-23-28-33-34/h4-28H2,1-3H3. The molecular weight excluding hydrogens is 440 g/mol. The fraction of sp³-hybridized carbons (Fsp3) is 1.00. The summed E-state index contributed by atoms with van der Waals surface area (Å²) in [5.41, 5.74) is 0. The third-order valence-corrected chi connectivity index (χ3v) is 6.64. The molecule has 0 saturated heterocycles. The van der Waals surface area contributed by atoms with Gasteiger partial charge < -0.3 is 18.6 Å². The quantitative estimate of drug-likeness (QED) is 0.0584. The number of unbranched alkanes of at least 4 members (excludes halogenated alkanes) is 16. The molecule has 0 unspecified atom stereocenters. The van der Waals surface area contributed by atoms with Crippen LogP contribution in [0.2, 0.25) is 0 Å². The smallest absolute Gasteiger partial charge is 0.282 e. The van der Waals surface area contributed by atoms with E-state index in [9.17, 15) is 0 Å². The highest BCUT2D eigenvalue weighted by Crippen LogP contribution is 2.26. The molecule has 0 heterocycles. The Morgan fingerprint density at radius 3 is 1.12 bits per heavy atom. The van der Waals surface area contributed by atoms with Gasteiger partial charge in [-0.3, -0.25) is 0 Å². The van der Waals surface area contributed by atoms with E-state index in [4.69, 9.17) is 18.6 Å². The Labute approximate surface area is 217 Å². The number of rotatable bonds is 29. The summed E-state index contributed by atoms with van der Waals surface area (Å²) in [6.07, 6.45) is 25.2. The molecule has 3 radical (unpaired) electrons. The van der Waals surface area contributed by atoms with Gasteiger partial charge in [0.1, 0.15) is 0 Å². The van der Waals surface area contributed by atoms with Gasteiger partial charge in [-0.2, -0.15) is 0 Å². The highest BCUT2D eigenvalue weighted by Gasteiger charge is 2.33. The van der Waals surface area contributed by atoms with Crippen LogP contribution in [0, 0.1) is 0 Å².